The number of nitrogens with zero attached hydrogens (tertiary/aromatic N) is 7. The van der Waals surface area contributed by atoms with Gasteiger partial charge in [-0.1, -0.05) is 69.3 Å². The van der Waals surface area contributed by atoms with Crippen molar-refractivity contribution in [3.05, 3.63) is 89.2 Å². The molecule has 4 aromatic rings. The minimum absolute atomic E-state index is 0.266. The third-order valence-electron chi connectivity index (χ3n) is 7.46. The number of aromatic nitrogens is 5. The highest BCUT2D eigenvalue weighted by atomic mass is 16.2. The molecule has 1 aromatic carbocycles. The second kappa shape index (κ2) is 17.8. The molecule has 3 aromatic heterocycles. The highest BCUT2D eigenvalue weighted by Crippen LogP contribution is 2.20. The molecule has 0 spiro atoms. The molecule has 1 fully saturated rings. The Morgan fingerprint density at radius 3 is 2.39 bits per heavy atom. The van der Waals surface area contributed by atoms with Crippen molar-refractivity contribution in [2.24, 2.45) is 0 Å². The minimum Gasteiger partial charge on any atom is -0.382 e. The second-order valence-electron chi connectivity index (χ2n) is 10.6. The molecule has 2 N–H and O–H groups in total. The van der Waals surface area contributed by atoms with E-state index in [9.17, 15) is 4.79 Å². The van der Waals surface area contributed by atoms with E-state index in [2.05, 4.69) is 62.7 Å². The topological polar surface area (TPSA) is 97.6 Å². The lowest BCUT2D eigenvalue weighted by molar-refractivity contribution is -0.132. The zero-order valence-corrected chi connectivity index (χ0v) is 27.4. The minimum atomic E-state index is 0.266. The normalized spacial score (nSPS) is 13.6. The van der Waals surface area contributed by atoms with E-state index in [1.165, 1.54) is 17.6 Å². The standard InChI is InChI=1S/C17H26N6O.C16H18N2.C2H6/c1-3-15(24)22-9-7-21(8-10-22)6-4-5-14-11-13(2)16-17(18)19-12-20-23(14)16;1-3-8-15-13-18(17-16(15)9-4-2)12-14-10-6-5-7-11-14;1-2/h11-12H,3-10H2,1-2H3,(H2,18,19,20);3-11,13H,12H2,1-2H3;1-2H3/b;8-3?,9-4-;. The maximum atomic E-state index is 11.7. The highest BCUT2D eigenvalue weighted by Gasteiger charge is 2.19. The highest BCUT2D eigenvalue weighted by molar-refractivity contribution is 5.75. The lowest BCUT2D eigenvalue weighted by Crippen LogP contribution is -2.48. The summed E-state index contributed by atoms with van der Waals surface area (Å²) in [5.74, 6) is 0.799. The monoisotopic (exact) mass is 598 g/mol. The first-order chi connectivity index (χ1) is 21.4. The average Bonchev–Trinajstić information content (AvgIpc) is 3.58. The Balaban J connectivity index is 0.000000236. The molecule has 9 heteroatoms. The van der Waals surface area contributed by atoms with Crippen molar-refractivity contribution in [3.8, 4) is 0 Å². The molecule has 0 saturated carbocycles. The van der Waals surface area contributed by atoms with E-state index in [4.69, 9.17) is 5.73 Å². The number of piperazine rings is 1. The molecule has 0 atom stereocenters. The molecule has 0 bridgehead atoms. The van der Waals surface area contributed by atoms with E-state index in [-0.39, 0.29) is 5.91 Å². The van der Waals surface area contributed by atoms with Crippen LogP contribution in [0.3, 0.4) is 0 Å². The molecule has 0 aliphatic carbocycles. The average molecular weight is 599 g/mol. The number of rotatable bonds is 9. The van der Waals surface area contributed by atoms with Gasteiger partial charge in [-0.05, 0) is 63.4 Å². The van der Waals surface area contributed by atoms with Gasteiger partial charge in [0, 0.05) is 50.1 Å². The first-order valence-corrected chi connectivity index (χ1v) is 15.9. The van der Waals surface area contributed by atoms with E-state index in [0.717, 1.165) is 74.4 Å². The molecule has 236 valence electrons. The molecule has 0 radical (unpaired) electrons. The van der Waals surface area contributed by atoms with Crippen molar-refractivity contribution >= 4 is 29.4 Å². The molecule has 1 aliphatic rings. The summed E-state index contributed by atoms with van der Waals surface area (Å²) in [6, 6.07) is 12.5. The van der Waals surface area contributed by atoms with Gasteiger partial charge in [-0.15, -0.1) is 0 Å². The van der Waals surface area contributed by atoms with Crippen molar-refractivity contribution in [3.63, 3.8) is 0 Å². The lowest BCUT2D eigenvalue weighted by Gasteiger charge is -2.34. The molecular formula is C35H50N8O. The molecule has 1 aliphatic heterocycles. The summed E-state index contributed by atoms with van der Waals surface area (Å²) in [4.78, 5) is 20.2. The fourth-order valence-electron chi connectivity index (χ4n) is 5.34. The SMILES string of the molecule is CC.CC=Cc1cn(Cc2ccccc2)nc1/C=C\C.CCC(=O)N1CCN(CCCc2cc(C)c3c(N)ncnn23)CC1. The second-order valence-corrected chi connectivity index (χ2v) is 10.6. The van der Waals surface area contributed by atoms with Gasteiger partial charge in [0.25, 0.3) is 0 Å². The summed E-state index contributed by atoms with van der Waals surface area (Å²) in [5.41, 5.74) is 12.6. The van der Waals surface area contributed by atoms with Gasteiger partial charge < -0.3 is 10.6 Å². The van der Waals surface area contributed by atoms with Crippen LogP contribution in [0, 0.1) is 6.92 Å². The van der Waals surface area contributed by atoms with Crippen LogP contribution < -0.4 is 5.73 Å². The van der Waals surface area contributed by atoms with Crippen LogP contribution in [0.25, 0.3) is 17.7 Å². The molecule has 5 rings (SSSR count). The number of nitrogens with two attached hydrogens (primary N) is 1. The summed E-state index contributed by atoms with van der Waals surface area (Å²) < 4.78 is 3.90. The van der Waals surface area contributed by atoms with Crippen LogP contribution in [-0.2, 0) is 17.8 Å². The molecular weight excluding hydrogens is 548 g/mol. The van der Waals surface area contributed by atoms with Gasteiger partial charge in [0.1, 0.15) is 11.8 Å². The fraction of sp³-hybridized carbons (Fsp3) is 0.429. The summed E-state index contributed by atoms with van der Waals surface area (Å²) >= 11 is 0. The van der Waals surface area contributed by atoms with Crippen molar-refractivity contribution in [1.82, 2.24) is 34.2 Å². The number of aryl methyl sites for hydroxylation is 2. The Hall–Kier alpha value is -4.24. The molecule has 1 saturated heterocycles. The van der Waals surface area contributed by atoms with Crippen molar-refractivity contribution in [1.29, 1.82) is 0 Å². The van der Waals surface area contributed by atoms with Gasteiger partial charge in [0.2, 0.25) is 5.91 Å². The van der Waals surface area contributed by atoms with Crippen LogP contribution in [0.4, 0.5) is 5.82 Å². The quantitative estimate of drug-likeness (QED) is 0.249. The van der Waals surface area contributed by atoms with Crippen LogP contribution >= 0.6 is 0 Å². The number of hydrogen-bond acceptors (Lipinski definition) is 6. The number of carbonyl (C=O) groups excluding carboxylic acids is 1. The van der Waals surface area contributed by atoms with Crippen LogP contribution in [0.15, 0.2) is 61.1 Å². The van der Waals surface area contributed by atoms with E-state index >= 15 is 0 Å². The van der Waals surface area contributed by atoms with Crippen molar-refractivity contribution < 1.29 is 4.79 Å². The molecule has 4 heterocycles. The maximum absolute atomic E-state index is 11.7. The van der Waals surface area contributed by atoms with Gasteiger partial charge in [0.05, 0.1) is 12.2 Å². The number of carbonyl (C=O) groups is 1. The van der Waals surface area contributed by atoms with Gasteiger partial charge in [0.15, 0.2) is 5.82 Å². The fourth-order valence-corrected chi connectivity index (χ4v) is 5.34. The number of benzene rings is 1. The number of hydrogen-bond donors (Lipinski definition) is 1. The summed E-state index contributed by atoms with van der Waals surface area (Å²) in [7, 11) is 0. The van der Waals surface area contributed by atoms with Crippen LogP contribution in [0.5, 0.6) is 0 Å². The molecule has 9 nitrogen and oxygen atoms in total. The number of allylic oxidation sites excluding steroid dienone is 2. The van der Waals surface area contributed by atoms with Gasteiger partial charge >= 0.3 is 0 Å². The number of nitrogen functional groups attached to an aromatic ring is 1. The maximum Gasteiger partial charge on any atom is 0.222 e. The molecule has 0 unspecified atom stereocenters. The first-order valence-electron chi connectivity index (χ1n) is 15.9. The summed E-state index contributed by atoms with van der Waals surface area (Å²) in [6.07, 6.45) is 14.4. The van der Waals surface area contributed by atoms with Gasteiger partial charge in [-0.3, -0.25) is 14.4 Å². The van der Waals surface area contributed by atoms with E-state index in [0.29, 0.717) is 12.2 Å². The lowest BCUT2D eigenvalue weighted by atomic mass is 10.2. The smallest absolute Gasteiger partial charge is 0.222 e. The molecule has 44 heavy (non-hydrogen) atoms. The summed E-state index contributed by atoms with van der Waals surface area (Å²) in [5, 5.41) is 8.93. The van der Waals surface area contributed by atoms with Crippen molar-refractivity contribution in [2.75, 3.05) is 38.5 Å². The van der Waals surface area contributed by atoms with Crippen molar-refractivity contribution in [2.45, 2.75) is 67.3 Å². The van der Waals surface area contributed by atoms with Gasteiger partial charge in [-0.25, -0.2) is 9.50 Å². The number of fused-ring (bicyclic) bond motifs is 1. The third kappa shape index (κ3) is 9.38. The van der Waals surface area contributed by atoms with E-state index in [1.807, 2.05) is 79.9 Å². The predicted molar refractivity (Wildman–Crippen MR) is 182 cm³/mol. The Morgan fingerprint density at radius 2 is 1.73 bits per heavy atom. The summed E-state index contributed by atoms with van der Waals surface area (Å²) in [6.45, 7) is 17.5. The first kappa shape index (κ1) is 34.3. The number of anilines is 1. The zero-order chi connectivity index (χ0) is 31.9. The van der Waals surface area contributed by atoms with E-state index < -0.39 is 0 Å². The third-order valence-corrected chi connectivity index (χ3v) is 7.46. The largest absolute Gasteiger partial charge is 0.382 e. The number of amides is 1. The van der Waals surface area contributed by atoms with E-state index in [1.54, 1.807) is 0 Å². The van der Waals surface area contributed by atoms with Crippen LogP contribution in [-0.4, -0.2) is 72.8 Å². The van der Waals surface area contributed by atoms with Gasteiger partial charge in [-0.2, -0.15) is 10.2 Å². The van der Waals surface area contributed by atoms with Crippen LogP contribution in [0.2, 0.25) is 0 Å². The predicted octanol–water partition coefficient (Wildman–Crippen LogP) is 6.13. The zero-order valence-electron chi connectivity index (χ0n) is 27.4. The Bertz CT molecular complexity index is 1460. The van der Waals surface area contributed by atoms with Crippen LogP contribution in [0.1, 0.15) is 75.5 Å². The molecule has 1 amide bonds. The Kier molecular flexibility index (Phi) is 13.8. The Morgan fingerprint density at radius 1 is 1.02 bits per heavy atom. The Labute approximate surface area is 263 Å².